The van der Waals surface area contributed by atoms with Gasteiger partial charge in [-0.05, 0) is 61.3 Å². The maximum atomic E-state index is 6.55. The van der Waals surface area contributed by atoms with Crippen LogP contribution in [0.15, 0.2) is 59.5 Å². The number of ether oxygens (including phenoxy) is 1. The van der Waals surface area contributed by atoms with Gasteiger partial charge in [0.15, 0.2) is 0 Å². The average Bonchev–Trinajstić information content (AvgIpc) is 2.87. The van der Waals surface area contributed by atoms with E-state index in [-0.39, 0.29) is 5.60 Å². The molecule has 26 heavy (non-hydrogen) atoms. The Balaban J connectivity index is 1.74. The largest absolute Gasteiger partial charge is 0.482 e. The van der Waals surface area contributed by atoms with Gasteiger partial charge in [0.05, 0.1) is 0 Å². The highest BCUT2D eigenvalue weighted by Gasteiger charge is 2.36. The zero-order valence-electron chi connectivity index (χ0n) is 15.6. The lowest BCUT2D eigenvalue weighted by Gasteiger charge is -2.36. The molecule has 1 spiro atoms. The van der Waals surface area contributed by atoms with E-state index in [0.717, 1.165) is 38.1 Å². The normalized spacial score (nSPS) is 22.5. The zero-order chi connectivity index (χ0) is 18.0. The van der Waals surface area contributed by atoms with Crippen LogP contribution in [0.3, 0.4) is 0 Å². The Hall–Kier alpha value is -1.71. The molecule has 0 bridgehead atoms. The van der Waals surface area contributed by atoms with Crippen molar-refractivity contribution in [1.82, 2.24) is 5.32 Å². The van der Waals surface area contributed by atoms with Crippen molar-refractivity contribution in [2.24, 2.45) is 0 Å². The number of para-hydroxylation sites is 1. The number of benzene rings is 2. The molecule has 2 aromatic rings. The molecule has 1 fully saturated rings. The lowest BCUT2D eigenvalue weighted by atomic mass is 9.84. The van der Waals surface area contributed by atoms with Crippen molar-refractivity contribution >= 4 is 17.3 Å². The standard InChI is InChI=1S/C23H27NOS/c1-17(2)26-19-10-8-18(9-11-19)21-16-23(12-5-14-24-15-13-23)25-22-7-4-3-6-20(21)22/h3-4,6-11,16-17,24H,5,12-15H2,1-2H3. The van der Waals surface area contributed by atoms with Crippen LogP contribution in [0.5, 0.6) is 5.75 Å². The van der Waals surface area contributed by atoms with Gasteiger partial charge in [-0.2, -0.15) is 0 Å². The van der Waals surface area contributed by atoms with Gasteiger partial charge in [0.2, 0.25) is 0 Å². The van der Waals surface area contributed by atoms with Gasteiger partial charge in [0.25, 0.3) is 0 Å². The molecule has 2 heterocycles. The highest BCUT2D eigenvalue weighted by atomic mass is 32.2. The summed E-state index contributed by atoms with van der Waals surface area (Å²) in [6.07, 6.45) is 5.63. The molecule has 0 amide bonds. The summed E-state index contributed by atoms with van der Waals surface area (Å²) in [7, 11) is 0. The zero-order valence-corrected chi connectivity index (χ0v) is 16.4. The Kier molecular flexibility index (Phi) is 5.10. The fourth-order valence-electron chi connectivity index (χ4n) is 3.90. The minimum absolute atomic E-state index is 0.182. The van der Waals surface area contributed by atoms with Gasteiger partial charge in [0, 0.05) is 22.1 Å². The molecule has 3 heteroatoms. The van der Waals surface area contributed by atoms with Crippen LogP contribution in [0, 0.1) is 0 Å². The molecule has 136 valence electrons. The van der Waals surface area contributed by atoms with E-state index in [4.69, 9.17) is 4.74 Å². The first kappa shape index (κ1) is 17.7. The molecule has 0 aromatic heterocycles. The maximum absolute atomic E-state index is 6.55. The number of hydrogen-bond donors (Lipinski definition) is 1. The number of nitrogens with one attached hydrogen (secondary N) is 1. The van der Waals surface area contributed by atoms with Crippen molar-refractivity contribution in [2.45, 2.75) is 48.9 Å². The van der Waals surface area contributed by atoms with Crippen molar-refractivity contribution in [3.05, 3.63) is 65.7 Å². The minimum Gasteiger partial charge on any atom is -0.482 e. The van der Waals surface area contributed by atoms with E-state index in [1.165, 1.54) is 21.6 Å². The average molecular weight is 366 g/mol. The summed E-state index contributed by atoms with van der Waals surface area (Å²) in [5, 5.41) is 4.11. The fraction of sp³-hybridized carbons (Fsp3) is 0.391. The predicted molar refractivity (Wildman–Crippen MR) is 111 cm³/mol. The third-order valence-electron chi connectivity index (χ3n) is 5.11. The molecular weight excluding hydrogens is 338 g/mol. The van der Waals surface area contributed by atoms with Crippen molar-refractivity contribution in [1.29, 1.82) is 0 Å². The van der Waals surface area contributed by atoms with E-state index in [1.54, 1.807) is 0 Å². The predicted octanol–water partition coefficient (Wildman–Crippen LogP) is 5.52. The Morgan fingerprint density at radius 2 is 1.81 bits per heavy atom. The Bertz CT molecular complexity index is 786. The van der Waals surface area contributed by atoms with Gasteiger partial charge in [-0.25, -0.2) is 0 Å². The molecule has 1 unspecified atom stereocenters. The van der Waals surface area contributed by atoms with Crippen molar-refractivity contribution in [2.75, 3.05) is 13.1 Å². The van der Waals surface area contributed by atoms with E-state index < -0.39 is 0 Å². The Morgan fingerprint density at radius 1 is 1.00 bits per heavy atom. The van der Waals surface area contributed by atoms with E-state index in [0.29, 0.717) is 5.25 Å². The summed E-state index contributed by atoms with van der Waals surface area (Å²) in [5.41, 5.74) is 3.62. The van der Waals surface area contributed by atoms with Crippen molar-refractivity contribution in [3.8, 4) is 5.75 Å². The molecule has 0 radical (unpaired) electrons. The molecule has 2 aliphatic rings. The summed E-state index contributed by atoms with van der Waals surface area (Å²) >= 11 is 1.91. The quantitative estimate of drug-likeness (QED) is 0.723. The first-order valence-corrected chi connectivity index (χ1v) is 10.5. The first-order chi connectivity index (χ1) is 12.7. The molecular formula is C23H27NOS. The highest BCUT2D eigenvalue weighted by Crippen LogP contribution is 2.43. The molecule has 0 saturated carbocycles. The summed E-state index contributed by atoms with van der Waals surface area (Å²) in [6, 6.07) is 17.5. The van der Waals surface area contributed by atoms with Crippen LogP contribution in [0.4, 0.5) is 0 Å². The van der Waals surface area contributed by atoms with Gasteiger partial charge in [-0.15, -0.1) is 11.8 Å². The third kappa shape index (κ3) is 3.70. The molecule has 1 atom stereocenters. The van der Waals surface area contributed by atoms with Gasteiger partial charge < -0.3 is 10.1 Å². The van der Waals surface area contributed by atoms with E-state index in [2.05, 4.69) is 73.8 Å². The first-order valence-electron chi connectivity index (χ1n) is 9.64. The molecule has 4 rings (SSSR count). The van der Waals surface area contributed by atoms with Crippen LogP contribution in [0.2, 0.25) is 0 Å². The van der Waals surface area contributed by atoms with Crippen LogP contribution in [-0.4, -0.2) is 23.9 Å². The van der Waals surface area contributed by atoms with Gasteiger partial charge in [0.1, 0.15) is 11.4 Å². The summed E-state index contributed by atoms with van der Waals surface area (Å²) < 4.78 is 6.55. The third-order valence-corrected chi connectivity index (χ3v) is 6.13. The maximum Gasteiger partial charge on any atom is 0.129 e. The van der Waals surface area contributed by atoms with Crippen molar-refractivity contribution < 1.29 is 4.74 Å². The molecule has 2 aromatic carbocycles. The molecule has 2 nitrogen and oxygen atoms in total. The second-order valence-corrected chi connectivity index (χ2v) is 9.17. The number of rotatable bonds is 3. The molecule has 2 aliphatic heterocycles. The summed E-state index contributed by atoms with van der Waals surface area (Å²) in [4.78, 5) is 1.33. The van der Waals surface area contributed by atoms with E-state index >= 15 is 0 Å². The number of hydrogen-bond acceptors (Lipinski definition) is 3. The molecule has 1 N–H and O–H groups in total. The SMILES string of the molecule is CC(C)Sc1ccc(C2=CC3(CCCNCC3)Oc3ccccc32)cc1. The molecule has 0 aliphatic carbocycles. The van der Waals surface area contributed by atoms with Crippen LogP contribution in [0.1, 0.15) is 44.2 Å². The smallest absolute Gasteiger partial charge is 0.129 e. The van der Waals surface area contributed by atoms with E-state index in [9.17, 15) is 0 Å². The van der Waals surface area contributed by atoms with Gasteiger partial charge >= 0.3 is 0 Å². The highest BCUT2D eigenvalue weighted by molar-refractivity contribution is 7.99. The van der Waals surface area contributed by atoms with Crippen LogP contribution >= 0.6 is 11.8 Å². The number of fused-ring (bicyclic) bond motifs is 1. The second-order valence-electron chi connectivity index (χ2n) is 7.52. The Morgan fingerprint density at radius 3 is 2.62 bits per heavy atom. The summed E-state index contributed by atoms with van der Waals surface area (Å²) in [5.74, 6) is 1.02. The Labute approximate surface area is 161 Å². The van der Waals surface area contributed by atoms with Gasteiger partial charge in [-0.1, -0.05) is 44.2 Å². The minimum atomic E-state index is -0.182. The lowest BCUT2D eigenvalue weighted by molar-refractivity contribution is 0.103. The topological polar surface area (TPSA) is 21.3 Å². The fourth-order valence-corrected chi connectivity index (χ4v) is 4.74. The van der Waals surface area contributed by atoms with Crippen molar-refractivity contribution in [3.63, 3.8) is 0 Å². The van der Waals surface area contributed by atoms with Crippen LogP contribution in [-0.2, 0) is 0 Å². The number of thioether (sulfide) groups is 1. The summed E-state index contributed by atoms with van der Waals surface area (Å²) in [6.45, 7) is 6.56. The van der Waals surface area contributed by atoms with Gasteiger partial charge in [-0.3, -0.25) is 0 Å². The second kappa shape index (κ2) is 7.50. The lowest BCUT2D eigenvalue weighted by Crippen LogP contribution is -2.37. The monoisotopic (exact) mass is 365 g/mol. The molecule has 1 saturated heterocycles. The van der Waals surface area contributed by atoms with Crippen LogP contribution in [0.25, 0.3) is 5.57 Å². The van der Waals surface area contributed by atoms with Crippen LogP contribution < -0.4 is 10.1 Å². The van der Waals surface area contributed by atoms with E-state index in [1.807, 2.05) is 11.8 Å².